The van der Waals surface area contributed by atoms with Crippen molar-refractivity contribution in [2.45, 2.75) is 37.6 Å². The lowest BCUT2D eigenvalue weighted by Crippen LogP contribution is -2.40. The van der Waals surface area contributed by atoms with E-state index in [9.17, 15) is 8.42 Å². The lowest BCUT2D eigenvalue weighted by Gasteiger charge is -2.21. The predicted molar refractivity (Wildman–Crippen MR) is 73.4 cm³/mol. The molecule has 0 amide bonds. The maximum absolute atomic E-state index is 11.0. The minimum atomic E-state index is -2.84. The number of aliphatic imine (C=N–C) groups is 1. The minimum absolute atomic E-state index is 0.236. The van der Waals surface area contributed by atoms with Crippen LogP contribution in [0.2, 0.25) is 0 Å². The quantitative estimate of drug-likeness (QED) is 0.789. The van der Waals surface area contributed by atoms with E-state index in [2.05, 4.69) is 10.3 Å². The third kappa shape index (κ3) is 3.88. The van der Waals surface area contributed by atoms with E-state index in [1.165, 1.54) is 31.9 Å². The Labute approximate surface area is 108 Å². The van der Waals surface area contributed by atoms with Crippen LogP contribution in [0.25, 0.3) is 0 Å². The molecule has 0 radical (unpaired) electrons. The molecule has 2 fully saturated rings. The van der Waals surface area contributed by atoms with E-state index in [4.69, 9.17) is 0 Å². The molecule has 17 heavy (non-hydrogen) atoms. The highest BCUT2D eigenvalue weighted by Gasteiger charge is 2.39. The van der Waals surface area contributed by atoms with E-state index in [0.717, 1.165) is 10.9 Å². The van der Waals surface area contributed by atoms with Crippen molar-refractivity contribution in [3.05, 3.63) is 0 Å². The molecule has 0 unspecified atom stereocenters. The van der Waals surface area contributed by atoms with Crippen LogP contribution in [0.1, 0.15) is 32.1 Å². The number of nitrogens with zero attached hydrogens (tertiary/aromatic N) is 1. The fourth-order valence-electron chi connectivity index (χ4n) is 2.42. The molecule has 1 N–H and O–H groups in total. The van der Waals surface area contributed by atoms with Gasteiger partial charge in [-0.15, -0.1) is 0 Å². The Balaban J connectivity index is 1.76. The predicted octanol–water partition coefficient (Wildman–Crippen LogP) is 1.43. The van der Waals surface area contributed by atoms with Crippen LogP contribution in [-0.4, -0.2) is 43.4 Å². The first-order valence-corrected chi connectivity index (χ1v) is 9.17. The van der Waals surface area contributed by atoms with Crippen molar-refractivity contribution in [3.8, 4) is 0 Å². The number of sulfone groups is 1. The third-order valence-corrected chi connectivity index (χ3v) is 5.58. The van der Waals surface area contributed by atoms with E-state index in [1.807, 2.05) is 0 Å². The second-order valence-corrected chi connectivity index (χ2v) is 8.30. The second-order valence-electron chi connectivity index (χ2n) is 5.07. The number of thioether (sulfide) groups is 1. The van der Waals surface area contributed by atoms with Crippen LogP contribution < -0.4 is 5.32 Å². The summed E-state index contributed by atoms with van der Waals surface area (Å²) in [6.07, 6.45) is 7.03. The van der Waals surface area contributed by atoms with Gasteiger partial charge in [0, 0.05) is 24.1 Å². The number of nitrogens with one attached hydrogen (secondary N) is 1. The van der Waals surface area contributed by atoms with Crippen LogP contribution in [0.3, 0.4) is 0 Å². The average molecular weight is 276 g/mol. The van der Waals surface area contributed by atoms with Crippen molar-refractivity contribution < 1.29 is 8.42 Å². The van der Waals surface area contributed by atoms with Crippen molar-refractivity contribution in [2.75, 3.05) is 24.3 Å². The molecule has 0 aromatic heterocycles. The molecule has 98 valence electrons. The zero-order valence-electron chi connectivity index (χ0n) is 10.2. The van der Waals surface area contributed by atoms with E-state index in [-0.39, 0.29) is 5.75 Å². The third-order valence-electron chi connectivity index (χ3n) is 3.35. The van der Waals surface area contributed by atoms with Gasteiger partial charge in [-0.2, -0.15) is 0 Å². The Bertz CT molecular complexity index is 398. The molecule has 1 heterocycles. The summed E-state index contributed by atoms with van der Waals surface area (Å²) in [7, 11) is -2.84. The van der Waals surface area contributed by atoms with Gasteiger partial charge >= 0.3 is 0 Å². The number of amidine groups is 1. The van der Waals surface area contributed by atoms with Crippen molar-refractivity contribution >= 4 is 26.8 Å². The zero-order valence-corrected chi connectivity index (χ0v) is 11.9. The van der Waals surface area contributed by atoms with Crippen molar-refractivity contribution in [1.29, 1.82) is 0 Å². The maximum Gasteiger partial charge on any atom is 0.157 e. The molecule has 1 spiro atoms. The van der Waals surface area contributed by atoms with Gasteiger partial charge in [-0.1, -0.05) is 24.6 Å². The Morgan fingerprint density at radius 1 is 1.41 bits per heavy atom. The summed E-state index contributed by atoms with van der Waals surface area (Å²) in [5.41, 5.74) is 0.306. The topological polar surface area (TPSA) is 58.5 Å². The normalized spacial score (nSPS) is 25.6. The summed E-state index contributed by atoms with van der Waals surface area (Å²) in [4.78, 5) is 4.45. The van der Waals surface area contributed by atoms with Crippen LogP contribution >= 0.6 is 11.8 Å². The van der Waals surface area contributed by atoms with Crippen LogP contribution in [0.5, 0.6) is 0 Å². The minimum Gasteiger partial charge on any atom is -0.359 e. The summed E-state index contributed by atoms with van der Waals surface area (Å²) in [5.74, 6) is 1.36. The van der Waals surface area contributed by atoms with Gasteiger partial charge in [0.15, 0.2) is 5.17 Å². The van der Waals surface area contributed by atoms with Gasteiger partial charge in [0.25, 0.3) is 0 Å². The standard InChI is InChI=1S/C11H20N2O2S2/c1-17(14,15)8-4-7-12-10-13-11(9-16-10)5-2-3-6-11/h2-9H2,1H3,(H,12,13). The SMILES string of the molecule is CS(=O)(=O)CCCN=C1NC2(CCCC2)CS1. The van der Waals surface area contributed by atoms with E-state index >= 15 is 0 Å². The van der Waals surface area contributed by atoms with Crippen LogP contribution in [-0.2, 0) is 9.84 Å². The first kappa shape index (κ1) is 13.2. The molecule has 0 aromatic carbocycles. The molecule has 1 saturated carbocycles. The molecule has 1 aliphatic carbocycles. The molecule has 6 heteroatoms. The van der Waals surface area contributed by atoms with Crippen molar-refractivity contribution in [2.24, 2.45) is 4.99 Å². The molecular formula is C11H20N2O2S2. The molecule has 4 nitrogen and oxygen atoms in total. The number of rotatable bonds is 4. The fraction of sp³-hybridized carbons (Fsp3) is 0.909. The molecular weight excluding hydrogens is 256 g/mol. The lowest BCUT2D eigenvalue weighted by atomic mass is 10.0. The highest BCUT2D eigenvalue weighted by molar-refractivity contribution is 8.14. The Kier molecular flexibility index (Phi) is 4.02. The Morgan fingerprint density at radius 2 is 2.12 bits per heavy atom. The van der Waals surface area contributed by atoms with Gasteiger partial charge in [-0.25, -0.2) is 8.42 Å². The molecule has 1 aliphatic heterocycles. The highest BCUT2D eigenvalue weighted by Crippen LogP contribution is 2.37. The summed E-state index contributed by atoms with van der Waals surface area (Å²) >= 11 is 1.79. The van der Waals surface area contributed by atoms with Gasteiger partial charge in [0.05, 0.1) is 5.75 Å². The molecule has 2 aliphatic rings. The molecule has 1 saturated heterocycles. The number of hydrogen-bond donors (Lipinski definition) is 1. The molecule has 0 aromatic rings. The van der Waals surface area contributed by atoms with E-state index in [1.54, 1.807) is 11.8 Å². The monoisotopic (exact) mass is 276 g/mol. The van der Waals surface area contributed by atoms with Crippen LogP contribution in [0.15, 0.2) is 4.99 Å². The van der Waals surface area contributed by atoms with Gasteiger partial charge in [-0.05, 0) is 19.3 Å². The zero-order chi connectivity index (χ0) is 12.4. The van der Waals surface area contributed by atoms with Crippen LogP contribution in [0, 0.1) is 0 Å². The Morgan fingerprint density at radius 3 is 2.76 bits per heavy atom. The fourth-order valence-corrected chi connectivity index (χ4v) is 4.32. The van der Waals surface area contributed by atoms with E-state index in [0.29, 0.717) is 18.5 Å². The maximum atomic E-state index is 11.0. The second kappa shape index (κ2) is 5.18. The summed E-state index contributed by atoms with van der Waals surface area (Å²) in [6, 6.07) is 0. The Hall–Kier alpha value is -0.230. The smallest absolute Gasteiger partial charge is 0.157 e. The highest BCUT2D eigenvalue weighted by atomic mass is 32.2. The molecule has 2 rings (SSSR count). The van der Waals surface area contributed by atoms with Crippen molar-refractivity contribution in [1.82, 2.24) is 5.32 Å². The van der Waals surface area contributed by atoms with Crippen molar-refractivity contribution in [3.63, 3.8) is 0 Å². The summed E-state index contributed by atoms with van der Waals surface area (Å²) in [6.45, 7) is 0.610. The van der Waals surface area contributed by atoms with E-state index < -0.39 is 9.84 Å². The summed E-state index contributed by atoms with van der Waals surface area (Å²) < 4.78 is 21.9. The van der Waals surface area contributed by atoms with Gasteiger partial charge in [0.2, 0.25) is 0 Å². The van der Waals surface area contributed by atoms with Gasteiger partial charge in [0.1, 0.15) is 9.84 Å². The van der Waals surface area contributed by atoms with Gasteiger partial charge in [-0.3, -0.25) is 4.99 Å². The summed E-state index contributed by atoms with van der Waals surface area (Å²) in [5, 5.41) is 4.54. The first-order valence-electron chi connectivity index (χ1n) is 6.12. The lowest BCUT2D eigenvalue weighted by molar-refractivity contribution is 0.452. The molecule has 0 atom stereocenters. The first-order chi connectivity index (χ1) is 7.99. The van der Waals surface area contributed by atoms with Crippen LogP contribution in [0.4, 0.5) is 0 Å². The average Bonchev–Trinajstić information content (AvgIpc) is 2.84. The largest absolute Gasteiger partial charge is 0.359 e. The number of hydrogen-bond acceptors (Lipinski definition) is 4. The van der Waals surface area contributed by atoms with Gasteiger partial charge < -0.3 is 5.32 Å². The molecule has 0 bridgehead atoms.